The second-order valence-electron chi connectivity index (χ2n) is 6.51. The zero-order valence-corrected chi connectivity index (χ0v) is 14.5. The highest BCUT2D eigenvalue weighted by Gasteiger charge is 2.19. The molecule has 1 N–H and O–H groups in total. The predicted octanol–water partition coefficient (Wildman–Crippen LogP) is 3.96. The molecule has 1 aliphatic carbocycles. The first-order valence-corrected chi connectivity index (χ1v) is 8.75. The van der Waals surface area contributed by atoms with Crippen molar-refractivity contribution in [3.63, 3.8) is 0 Å². The summed E-state index contributed by atoms with van der Waals surface area (Å²) in [6.45, 7) is 4.40. The Morgan fingerprint density at radius 1 is 1.12 bits per heavy atom. The van der Waals surface area contributed by atoms with Crippen LogP contribution in [0.2, 0.25) is 0 Å². The molecule has 0 heterocycles. The molecular formula is C21H25NO2. The van der Waals surface area contributed by atoms with Crippen molar-refractivity contribution in [2.24, 2.45) is 0 Å². The number of hydrogen-bond acceptors (Lipinski definition) is 2. The Bertz CT molecular complexity index is 724. The van der Waals surface area contributed by atoms with Crippen LogP contribution in [-0.4, -0.2) is 12.0 Å². The maximum atomic E-state index is 12.4. The Kier molecular flexibility index (Phi) is 5.19. The summed E-state index contributed by atoms with van der Waals surface area (Å²) in [4.78, 5) is 12.4. The van der Waals surface area contributed by atoms with E-state index >= 15 is 0 Å². The zero-order chi connectivity index (χ0) is 16.9. The van der Waals surface area contributed by atoms with E-state index in [1.807, 2.05) is 37.3 Å². The van der Waals surface area contributed by atoms with Gasteiger partial charge in [0.2, 0.25) is 0 Å². The summed E-state index contributed by atoms with van der Waals surface area (Å²) in [5.74, 6) is 0.789. The molecule has 3 heteroatoms. The van der Waals surface area contributed by atoms with Crippen LogP contribution >= 0.6 is 0 Å². The van der Waals surface area contributed by atoms with Gasteiger partial charge in [-0.25, -0.2) is 0 Å². The quantitative estimate of drug-likeness (QED) is 0.904. The number of fused-ring (bicyclic) bond motifs is 1. The van der Waals surface area contributed by atoms with Crippen LogP contribution in [0.5, 0.6) is 5.75 Å². The maximum Gasteiger partial charge on any atom is 0.261 e. The van der Waals surface area contributed by atoms with Crippen LogP contribution in [-0.2, 0) is 24.2 Å². The molecule has 2 aromatic rings. The van der Waals surface area contributed by atoms with Gasteiger partial charge in [-0.15, -0.1) is 0 Å². The summed E-state index contributed by atoms with van der Waals surface area (Å²) in [7, 11) is 0. The molecule has 0 unspecified atom stereocenters. The molecule has 1 aliphatic rings. The van der Waals surface area contributed by atoms with E-state index in [0.29, 0.717) is 6.54 Å². The Hall–Kier alpha value is -2.29. The number of carbonyl (C=O) groups is 1. The van der Waals surface area contributed by atoms with Gasteiger partial charge in [-0.2, -0.15) is 0 Å². The van der Waals surface area contributed by atoms with E-state index in [-0.39, 0.29) is 5.91 Å². The Morgan fingerprint density at radius 2 is 1.92 bits per heavy atom. The van der Waals surface area contributed by atoms with Crippen LogP contribution in [0.15, 0.2) is 42.5 Å². The first kappa shape index (κ1) is 16.6. The molecule has 126 valence electrons. The largest absolute Gasteiger partial charge is 0.481 e. The van der Waals surface area contributed by atoms with Crippen LogP contribution in [0.1, 0.15) is 42.0 Å². The van der Waals surface area contributed by atoms with Gasteiger partial charge in [0.15, 0.2) is 6.10 Å². The molecule has 1 atom stereocenters. The number of amides is 1. The second-order valence-corrected chi connectivity index (χ2v) is 6.51. The van der Waals surface area contributed by atoms with Crippen LogP contribution in [0, 0.1) is 6.92 Å². The van der Waals surface area contributed by atoms with E-state index in [4.69, 9.17) is 4.74 Å². The lowest BCUT2D eigenvalue weighted by molar-refractivity contribution is -0.127. The predicted molar refractivity (Wildman–Crippen MR) is 96.2 cm³/mol. The lowest BCUT2D eigenvalue weighted by Gasteiger charge is -2.22. The van der Waals surface area contributed by atoms with Crippen molar-refractivity contribution in [3.8, 4) is 5.75 Å². The Balaban J connectivity index is 1.62. The summed E-state index contributed by atoms with van der Waals surface area (Å²) in [6, 6.07) is 14.3. The fourth-order valence-electron chi connectivity index (χ4n) is 3.24. The third-order valence-corrected chi connectivity index (χ3v) is 4.74. The number of carbonyl (C=O) groups excluding carboxylic acids is 1. The van der Waals surface area contributed by atoms with Crippen molar-refractivity contribution >= 4 is 5.91 Å². The minimum absolute atomic E-state index is 0.0772. The van der Waals surface area contributed by atoms with Crippen molar-refractivity contribution in [1.29, 1.82) is 0 Å². The number of ether oxygens (including phenoxy) is 1. The van der Waals surface area contributed by atoms with Gasteiger partial charge in [0.25, 0.3) is 5.91 Å². The normalized spacial score (nSPS) is 14.6. The molecule has 0 aliphatic heterocycles. The molecule has 0 radical (unpaired) electrons. The van der Waals surface area contributed by atoms with Crippen LogP contribution in [0.3, 0.4) is 0 Å². The van der Waals surface area contributed by atoms with E-state index in [2.05, 4.69) is 24.4 Å². The Morgan fingerprint density at radius 3 is 2.75 bits per heavy atom. The molecular weight excluding hydrogens is 298 g/mol. The molecule has 0 bridgehead atoms. The SMILES string of the molecule is Cc1ccccc1CNC(=O)[C@H](C)Oc1cccc2c1CCCC2. The zero-order valence-electron chi connectivity index (χ0n) is 14.5. The molecule has 24 heavy (non-hydrogen) atoms. The third-order valence-electron chi connectivity index (χ3n) is 4.74. The van der Waals surface area contributed by atoms with Gasteiger partial charge in [0, 0.05) is 6.54 Å². The molecule has 0 spiro atoms. The number of rotatable bonds is 5. The molecule has 0 fully saturated rings. The van der Waals surface area contributed by atoms with Gasteiger partial charge < -0.3 is 10.1 Å². The van der Waals surface area contributed by atoms with E-state index < -0.39 is 6.10 Å². The topological polar surface area (TPSA) is 38.3 Å². The van der Waals surface area contributed by atoms with Gasteiger partial charge in [-0.05, 0) is 67.9 Å². The summed E-state index contributed by atoms with van der Waals surface area (Å²) >= 11 is 0. The van der Waals surface area contributed by atoms with Crippen molar-refractivity contribution in [3.05, 3.63) is 64.7 Å². The van der Waals surface area contributed by atoms with Gasteiger partial charge in [0.1, 0.15) is 5.75 Å². The van der Waals surface area contributed by atoms with E-state index in [1.54, 1.807) is 0 Å². The average molecular weight is 323 g/mol. The van der Waals surface area contributed by atoms with Gasteiger partial charge in [-0.1, -0.05) is 36.4 Å². The fourth-order valence-corrected chi connectivity index (χ4v) is 3.24. The first-order valence-electron chi connectivity index (χ1n) is 8.75. The van der Waals surface area contributed by atoms with Gasteiger partial charge in [0.05, 0.1) is 0 Å². The van der Waals surface area contributed by atoms with Crippen molar-refractivity contribution in [2.75, 3.05) is 0 Å². The average Bonchev–Trinajstić information content (AvgIpc) is 2.61. The smallest absolute Gasteiger partial charge is 0.261 e. The molecule has 3 nitrogen and oxygen atoms in total. The third kappa shape index (κ3) is 3.78. The van der Waals surface area contributed by atoms with Crippen LogP contribution in [0.25, 0.3) is 0 Å². The van der Waals surface area contributed by atoms with E-state index in [0.717, 1.165) is 24.2 Å². The lowest BCUT2D eigenvalue weighted by atomic mass is 9.91. The van der Waals surface area contributed by atoms with E-state index in [1.165, 1.54) is 29.5 Å². The lowest BCUT2D eigenvalue weighted by Crippen LogP contribution is -2.36. The fraction of sp³-hybridized carbons (Fsp3) is 0.381. The highest BCUT2D eigenvalue weighted by Crippen LogP contribution is 2.30. The summed E-state index contributed by atoms with van der Waals surface area (Å²) < 4.78 is 5.98. The second kappa shape index (κ2) is 7.52. The summed E-state index contributed by atoms with van der Waals surface area (Å²) in [6.07, 6.45) is 4.09. The number of nitrogens with one attached hydrogen (secondary N) is 1. The standard InChI is InChI=1S/C21H25NO2/c1-15-8-3-4-10-18(15)14-22-21(23)16(2)24-20-13-7-11-17-9-5-6-12-19(17)20/h3-4,7-8,10-11,13,16H,5-6,9,12,14H2,1-2H3,(H,22,23)/t16-/m0/s1. The van der Waals surface area contributed by atoms with Crippen LogP contribution < -0.4 is 10.1 Å². The Labute approximate surface area is 144 Å². The molecule has 0 aromatic heterocycles. The number of hydrogen-bond donors (Lipinski definition) is 1. The monoisotopic (exact) mass is 323 g/mol. The van der Waals surface area contributed by atoms with Crippen LogP contribution in [0.4, 0.5) is 0 Å². The van der Waals surface area contributed by atoms with Crippen molar-refractivity contribution in [1.82, 2.24) is 5.32 Å². The van der Waals surface area contributed by atoms with Crippen molar-refractivity contribution < 1.29 is 9.53 Å². The minimum atomic E-state index is -0.498. The highest BCUT2D eigenvalue weighted by molar-refractivity contribution is 5.80. The van der Waals surface area contributed by atoms with E-state index in [9.17, 15) is 4.79 Å². The molecule has 3 rings (SSSR count). The molecule has 1 amide bonds. The molecule has 0 saturated carbocycles. The van der Waals surface area contributed by atoms with Gasteiger partial charge in [-0.3, -0.25) is 4.79 Å². The van der Waals surface area contributed by atoms with Crippen molar-refractivity contribution in [2.45, 2.75) is 52.2 Å². The maximum absolute atomic E-state index is 12.4. The minimum Gasteiger partial charge on any atom is -0.481 e. The van der Waals surface area contributed by atoms with Gasteiger partial charge >= 0.3 is 0 Å². The first-order chi connectivity index (χ1) is 11.6. The molecule has 2 aromatic carbocycles. The number of aryl methyl sites for hydroxylation is 2. The summed E-state index contributed by atoms with van der Waals surface area (Å²) in [5, 5.41) is 2.98. The molecule has 0 saturated heterocycles. The summed E-state index contributed by atoms with van der Waals surface area (Å²) in [5.41, 5.74) is 4.97. The highest BCUT2D eigenvalue weighted by atomic mass is 16.5. The number of benzene rings is 2.